The fourth-order valence-corrected chi connectivity index (χ4v) is 7.13. The number of hydrogen-bond donors (Lipinski definition) is 0. The molecule has 1 fully saturated rings. The molecule has 1 saturated carbocycles. The molecular formula is C32H26N2O2. The molecule has 0 radical (unpaired) electrons. The maximum absolute atomic E-state index is 13.1. The minimum absolute atomic E-state index is 0.0138. The van der Waals surface area contributed by atoms with Crippen LogP contribution in [0.25, 0.3) is 0 Å². The molecule has 0 saturated heterocycles. The van der Waals surface area contributed by atoms with Crippen LogP contribution < -0.4 is 9.80 Å². The zero-order valence-electron chi connectivity index (χ0n) is 20.3. The van der Waals surface area contributed by atoms with E-state index < -0.39 is 0 Å². The number of hydrogen-bond acceptors (Lipinski definition) is 2. The molecule has 4 nitrogen and oxygen atoms in total. The van der Waals surface area contributed by atoms with Gasteiger partial charge in [-0.1, -0.05) is 72.8 Å². The molecule has 4 aromatic carbocycles. The van der Waals surface area contributed by atoms with Crippen molar-refractivity contribution in [1.82, 2.24) is 0 Å². The molecule has 36 heavy (non-hydrogen) atoms. The Hall–Kier alpha value is -4.18. The van der Waals surface area contributed by atoms with Crippen molar-refractivity contribution in [2.75, 3.05) is 9.80 Å². The lowest BCUT2D eigenvalue weighted by Gasteiger charge is -2.53. The van der Waals surface area contributed by atoms with Crippen LogP contribution in [0.15, 0.2) is 97.1 Å². The minimum atomic E-state index is 0.0138. The summed E-state index contributed by atoms with van der Waals surface area (Å²) < 4.78 is 0. The van der Waals surface area contributed by atoms with Crippen LogP contribution in [0.4, 0.5) is 22.7 Å². The fraction of sp³-hybridized carbons (Fsp3) is 0.188. The largest absolute Gasteiger partial charge is 0.281 e. The normalized spacial score (nSPS) is 22.8. The lowest BCUT2D eigenvalue weighted by molar-refractivity contribution is -0.116. The van der Waals surface area contributed by atoms with Crippen LogP contribution in [0, 0.1) is 0 Å². The van der Waals surface area contributed by atoms with Crippen LogP contribution in [0.1, 0.15) is 59.8 Å². The van der Waals surface area contributed by atoms with Crippen molar-refractivity contribution in [3.63, 3.8) is 0 Å². The Morgan fingerprint density at radius 3 is 0.889 bits per heavy atom. The first-order valence-corrected chi connectivity index (χ1v) is 12.5. The average Bonchev–Trinajstić information content (AvgIpc) is 3.04. The SMILES string of the molecule is CC(=O)N1c2ccccc2C2C(c3ccccc31)C1c3ccccc3N(C(C)=O)c3ccccc3C21. The molecule has 0 spiro atoms. The number of nitrogens with zero attached hydrogens (tertiary/aromatic N) is 2. The zero-order valence-corrected chi connectivity index (χ0v) is 20.3. The van der Waals surface area contributed by atoms with Crippen LogP contribution in [0.2, 0.25) is 0 Å². The number of fused-ring (bicyclic) bond motifs is 12. The Morgan fingerprint density at radius 2 is 0.667 bits per heavy atom. The number of benzene rings is 4. The van der Waals surface area contributed by atoms with E-state index in [0.717, 1.165) is 22.7 Å². The Bertz CT molecular complexity index is 1330. The molecule has 0 bridgehead atoms. The fourth-order valence-electron chi connectivity index (χ4n) is 7.13. The lowest BCUT2D eigenvalue weighted by Crippen LogP contribution is -2.39. The summed E-state index contributed by atoms with van der Waals surface area (Å²) in [5, 5.41) is 0. The molecule has 7 rings (SSSR count). The molecule has 0 atom stereocenters. The molecule has 2 amide bonds. The van der Waals surface area contributed by atoms with Gasteiger partial charge in [0.25, 0.3) is 0 Å². The summed E-state index contributed by atoms with van der Waals surface area (Å²) in [7, 11) is 0. The first-order valence-electron chi connectivity index (χ1n) is 12.5. The summed E-state index contributed by atoms with van der Waals surface area (Å²) in [4.78, 5) is 29.9. The molecular weight excluding hydrogens is 444 g/mol. The average molecular weight is 471 g/mol. The third-order valence-electron chi connectivity index (χ3n) is 8.32. The molecule has 0 N–H and O–H groups in total. The van der Waals surface area contributed by atoms with E-state index in [0.29, 0.717) is 0 Å². The monoisotopic (exact) mass is 470 g/mol. The second-order valence-corrected chi connectivity index (χ2v) is 10.0. The molecule has 4 aromatic rings. The maximum atomic E-state index is 13.1. The Labute approximate surface area is 210 Å². The van der Waals surface area contributed by atoms with Gasteiger partial charge in [-0.15, -0.1) is 0 Å². The Balaban J connectivity index is 1.58. The molecule has 2 heterocycles. The van der Waals surface area contributed by atoms with Crippen molar-refractivity contribution in [3.8, 4) is 0 Å². The zero-order chi connectivity index (χ0) is 24.6. The highest BCUT2D eigenvalue weighted by molar-refractivity contribution is 6.03. The van der Waals surface area contributed by atoms with Crippen molar-refractivity contribution in [2.45, 2.75) is 37.5 Å². The minimum Gasteiger partial charge on any atom is -0.281 e. The van der Waals surface area contributed by atoms with E-state index in [2.05, 4.69) is 72.8 Å². The van der Waals surface area contributed by atoms with Crippen molar-refractivity contribution in [3.05, 3.63) is 119 Å². The molecule has 4 heteroatoms. The maximum Gasteiger partial charge on any atom is 0.228 e. The van der Waals surface area contributed by atoms with Gasteiger partial charge in [0.15, 0.2) is 0 Å². The number of rotatable bonds is 0. The summed E-state index contributed by atoms with van der Waals surface area (Å²) in [6.07, 6.45) is 0. The van der Waals surface area contributed by atoms with Crippen LogP contribution in [0.5, 0.6) is 0 Å². The van der Waals surface area contributed by atoms with Gasteiger partial charge in [-0.25, -0.2) is 0 Å². The quantitative estimate of drug-likeness (QED) is 0.274. The predicted molar refractivity (Wildman–Crippen MR) is 142 cm³/mol. The number of carbonyl (C=O) groups excluding carboxylic acids is 2. The highest BCUT2D eigenvalue weighted by Gasteiger charge is 2.58. The van der Waals surface area contributed by atoms with E-state index in [1.54, 1.807) is 13.8 Å². The van der Waals surface area contributed by atoms with Gasteiger partial charge in [0, 0.05) is 37.5 Å². The number of amides is 2. The number of anilines is 4. The second-order valence-electron chi connectivity index (χ2n) is 10.0. The van der Waals surface area contributed by atoms with Crippen molar-refractivity contribution in [2.24, 2.45) is 0 Å². The molecule has 3 aliphatic rings. The highest BCUT2D eigenvalue weighted by atomic mass is 16.2. The van der Waals surface area contributed by atoms with Gasteiger partial charge in [0.1, 0.15) is 0 Å². The van der Waals surface area contributed by atoms with Crippen molar-refractivity contribution in [1.29, 1.82) is 0 Å². The highest BCUT2D eigenvalue weighted by Crippen LogP contribution is 2.72. The Morgan fingerprint density at radius 1 is 0.444 bits per heavy atom. The van der Waals surface area contributed by atoms with E-state index in [-0.39, 0.29) is 35.5 Å². The van der Waals surface area contributed by atoms with Crippen LogP contribution in [-0.2, 0) is 9.59 Å². The van der Waals surface area contributed by atoms with E-state index in [4.69, 9.17) is 0 Å². The summed E-state index contributed by atoms with van der Waals surface area (Å²) in [6.45, 7) is 3.29. The first-order chi connectivity index (χ1) is 17.6. The molecule has 0 aromatic heterocycles. The molecule has 1 aliphatic carbocycles. The summed E-state index contributed by atoms with van der Waals surface area (Å²) in [5.41, 5.74) is 8.61. The van der Waals surface area contributed by atoms with Gasteiger partial charge in [0.05, 0.1) is 22.7 Å². The van der Waals surface area contributed by atoms with Crippen LogP contribution in [0.3, 0.4) is 0 Å². The van der Waals surface area contributed by atoms with Gasteiger partial charge in [-0.3, -0.25) is 19.4 Å². The number of carbonyl (C=O) groups is 2. The lowest BCUT2D eigenvalue weighted by atomic mass is 9.49. The van der Waals surface area contributed by atoms with Gasteiger partial charge in [0.2, 0.25) is 11.8 Å². The third kappa shape index (κ3) is 2.70. The van der Waals surface area contributed by atoms with Crippen LogP contribution in [-0.4, -0.2) is 11.8 Å². The van der Waals surface area contributed by atoms with Gasteiger partial charge < -0.3 is 0 Å². The van der Waals surface area contributed by atoms with E-state index >= 15 is 0 Å². The number of para-hydroxylation sites is 4. The van der Waals surface area contributed by atoms with Crippen molar-refractivity contribution < 1.29 is 9.59 Å². The predicted octanol–water partition coefficient (Wildman–Crippen LogP) is 7.13. The molecule has 176 valence electrons. The third-order valence-corrected chi connectivity index (χ3v) is 8.32. The topological polar surface area (TPSA) is 40.6 Å². The second kappa shape index (κ2) is 7.66. The standard InChI is InChI=1S/C32H26N2O2/c1-19(35)33-25-15-7-3-11-21(25)29-30(22-12-4-8-16-26(22)33)32-24-14-6-10-18-28(24)34(20(2)36)27-17-9-5-13-23(27)31(29)32/h3-18,29-32H,1-2H3. The summed E-state index contributed by atoms with van der Waals surface area (Å²) in [5.74, 6) is 0.742. The van der Waals surface area contributed by atoms with Crippen LogP contribution >= 0.6 is 0 Å². The smallest absolute Gasteiger partial charge is 0.228 e. The molecule has 0 unspecified atom stereocenters. The van der Waals surface area contributed by atoms with E-state index in [9.17, 15) is 9.59 Å². The van der Waals surface area contributed by atoms with Crippen molar-refractivity contribution >= 4 is 34.6 Å². The van der Waals surface area contributed by atoms with Gasteiger partial charge >= 0.3 is 0 Å². The van der Waals surface area contributed by atoms with Gasteiger partial charge in [-0.2, -0.15) is 0 Å². The first kappa shape index (κ1) is 21.1. The Kier molecular flexibility index (Phi) is 4.50. The van der Waals surface area contributed by atoms with E-state index in [1.165, 1.54) is 22.3 Å². The summed E-state index contributed by atoms with van der Waals surface area (Å²) in [6, 6.07) is 33.4. The molecule has 2 aliphatic heterocycles. The van der Waals surface area contributed by atoms with Gasteiger partial charge in [-0.05, 0) is 46.5 Å². The van der Waals surface area contributed by atoms with E-state index in [1.807, 2.05) is 34.1 Å². The summed E-state index contributed by atoms with van der Waals surface area (Å²) >= 11 is 0.